The van der Waals surface area contributed by atoms with Gasteiger partial charge in [0.15, 0.2) is 0 Å². The van der Waals surface area contributed by atoms with Crippen molar-refractivity contribution in [1.82, 2.24) is 9.88 Å². The van der Waals surface area contributed by atoms with Crippen molar-refractivity contribution in [3.8, 4) is 0 Å². The third-order valence-electron chi connectivity index (χ3n) is 2.52. The molecule has 1 amide bonds. The van der Waals surface area contributed by atoms with Crippen LogP contribution < -0.4 is 5.32 Å². The number of pyridine rings is 1. The van der Waals surface area contributed by atoms with Gasteiger partial charge in [-0.3, -0.25) is 14.9 Å². The Hall–Kier alpha value is -2.22. The molecule has 110 valence electrons. The molecule has 1 heterocycles. The summed E-state index contributed by atoms with van der Waals surface area (Å²) in [5.41, 5.74) is -1.23. The van der Waals surface area contributed by atoms with E-state index in [2.05, 4.69) is 10.3 Å². The number of nitrogens with one attached hydrogen (secondary N) is 1. The molecule has 8 heteroatoms. The van der Waals surface area contributed by atoms with E-state index in [0.29, 0.717) is 0 Å². The van der Waals surface area contributed by atoms with Gasteiger partial charge in [-0.15, -0.1) is 0 Å². The Morgan fingerprint density at radius 3 is 2.65 bits per heavy atom. The van der Waals surface area contributed by atoms with Crippen LogP contribution >= 0.6 is 0 Å². The standard InChI is InChI=1S/C12H18N4O4/c1-12(2,18)7-15(4)11(17)9-5-8(16(19)20)6-14-10(9)13-3/h5-6,18H,7H2,1-4H3,(H,13,14). The summed E-state index contributed by atoms with van der Waals surface area (Å²) in [6.45, 7) is 3.24. The summed E-state index contributed by atoms with van der Waals surface area (Å²) in [6.07, 6.45) is 1.08. The smallest absolute Gasteiger partial charge is 0.288 e. The molecule has 0 bridgehead atoms. The fraction of sp³-hybridized carbons (Fsp3) is 0.500. The Balaban J connectivity index is 3.13. The van der Waals surface area contributed by atoms with Crippen molar-refractivity contribution in [2.75, 3.05) is 26.0 Å². The lowest BCUT2D eigenvalue weighted by Crippen LogP contribution is -2.40. The molecule has 1 rings (SSSR count). The molecule has 0 atom stereocenters. The topological polar surface area (TPSA) is 109 Å². The van der Waals surface area contributed by atoms with E-state index in [0.717, 1.165) is 6.20 Å². The maximum atomic E-state index is 12.3. The van der Waals surface area contributed by atoms with E-state index in [1.165, 1.54) is 18.0 Å². The second-order valence-corrected chi connectivity index (χ2v) is 5.07. The summed E-state index contributed by atoms with van der Waals surface area (Å²) in [4.78, 5) is 27.6. The molecule has 0 aliphatic heterocycles. The van der Waals surface area contributed by atoms with Gasteiger partial charge in [-0.2, -0.15) is 0 Å². The Bertz CT molecular complexity index is 525. The van der Waals surface area contributed by atoms with Crippen LogP contribution in [0, 0.1) is 10.1 Å². The lowest BCUT2D eigenvalue weighted by atomic mass is 10.1. The highest BCUT2D eigenvalue weighted by atomic mass is 16.6. The highest BCUT2D eigenvalue weighted by molar-refractivity contribution is 5.99. The average Bonchev–Trinajstić information content (AvgIpc) is 2.34. The first-order valence-electron chi connectivity index (χ1n) is 5.95. The highest BCUT2D eigenvalue weighted by Gasteiger charge is 2.24. The van der Waals surface area contributed by atoms with Crippen LogP contribution in [-0.4, -0.2) is 52.1 Å². The fourth-order valence-corrected chi connectivity index (χ4v) is 1.77. The molecule has 0 aliphatic carbocycles. The minimum Gasteiger partial charge on any atom is -0.389 e. The molecular weight excluding hydrogens is 264 g/mol. The normalized spacial score (nSPS) is 11.1. The Morgan fingerprint density at radius 1 is 1.60 bits per heavy atom. The number of rotatable bonds is 5. The van der Waals surface area contributed by atoms with Gasteiger partial charge in [-0.1, -0.05) is 0 Å². The summed E-state index contributed by atoms with van der Waals surface area (Å²) in [5, 5.41) is 23.2. The van der Waals surface area contributed by atoms with Gasteiger partial charge in [0.05, 0.1) is 16.1 Å². The van der Waals surface area contributed by atoms with Gasteiger partial charge >= 0.3 is 0 Å². The second kappa shape index (κ2) is 5.83. The summed E-state index contributed by atoms with van der Waals surface area (Å²) < 4.78 is 0. The first-order chi connectivity index (χ1) is 9.15. The first-order valence-corrected chi connectivity index (χ1v) is 5.95. The number of carbonyl (C=O) groups is 1. The molecule has 8 nitrogen and oxygen atoms in total. The van der Waals surface area contributed by atoms with E-state index in [9.17, 15) is 20.0 Å². The van der Waals surface area contributed by atoms with Crippen LogP contribution in [0.2, 0.25) is 0 Å². The molecule has 1 aromatic rings. The number of amides is 1. The van der Waals surface area contributed by atoms with E-state index >= 15 is 0 Å². The Labute approximate surface area is 116 Å². The first kappa shape index (κ1) is 15.8. The van der Waals surface area contributed by atoms with Crippen LogP contribution in [-0.2, 0) is 0 Å². The van der Waals surface area contributed by atoms with Crippen LogP contribution in [0.15, 0.2) is 12.3 Å². The molecular formula is C12H18N4O4. The van der Waals surface area contributed by atoms with Gasteiger partial charge in [0, 0.05) is 26.7 Å². The molecule has 20 heavy (non-hydrogen) atoms. The number of hydrogen-bond donors (Lipinski definition) is 2. The van der Waals surface area contributed by atoms with Crippen molar-refractivity contribution in [2.45, 2.75) is 19.4 Å². The Kier molecular flexibility index (Phi) is 4.61. The van der Waals surface area contributed by atoms with Crippen LogP contribution in [0.4, 0.5) is 11.5 Å². The zero-order valence-electron chi connectivity index (χ0n) is 11.9. The SMILES string of the molecule is CNc1ncc([N+](=O)[O-])cc1C(=O)N(C)CC(C)(C)O. The minimum atomic E-state index is -1.06. The molecule has 0 saturated heterocycles. The van der Waals surface area contributed by atoms with Crippen LogP contribution in [0.1, 0.15) is 24.2 Å². The number of nitrogens with zero attached hydrogens (tertiary/aromatic N) is 3. The van der Waals surface area contributed by atoms with Gasteiger partial charge in [0.1, 0.15) is 12.0 Å². The van der Waals surface area contributed by atoms with Crippen molar-refractivity contribution in [3.05, 3.63) is 27.9 Å². The van der Waals surface area contributed by atoms with Crippen LogP contribution in [0.3, 0.4) is 0 Å². The molecule has 0 unspecified atom stereocenters. The lowest BCUT2D eigenvalue weighted by Gasteiger charge is -2.26. The summed E-state index contributed by atoms with van der Waals surface area (Å²) in [7, 11) is 3.08. The summed E-state index contributed by atoms with van der Waals surface area (Å²) >= 11 is 0. The quantitative estimate of drug-likeness (QED) is 0.613. The van der Waals surface area contributed by atoms with Crippen molar-refractivity contribution >= 4 is 17.4 Å². The Morgan fingerprint density at radius 2 is 2.20 bits per heavy atom. The van der Waals surface area contributed by atoms with Crippen molar-refractivity contribution < 1.29 is 14.8 Å². The molecule has 2 N–H and O–H groups in total. The average molecular weight is 282 g/mol. The molecule has 0 spiro atoms. The molecule has 0 radical (unpaired) electrons. The minimum absolute atomic E-state index is 0.0912. The van der Waals surface area contributed by atoms with Gasteiger partial charge in [-0.05, 0) is 13.8 Å². The van der Waals surface area contributed by atoms with Gasteiger partial charge < -0.3 is 15.3 Å². The van der Waals surface area contributed by atoms with Crippen molar-refractivity contribution in [2.24, 2.45) is 0 Å². The predicted molar refractivity (Wildman–Crippen MR) is 73.7 cm³/mol. The summed E-state index contributed by atoms with van der Waals surface area (Å²) in [6, 6.07) is 1.17. The number of carbonyl (C=O) groups excluding carboxylic acids is 1. The highest BCUT2D eigenvalue weighted by Crippen LogP contribution is 2.20. The van der Waals surface area contributed by atoms with Crippen LogP contribution in [0.5, 0.6) is 0 Å². The van der Waals surface area contributed by atoms with Gasteiger partial charge in [-0.25, -0.2) is 4.98 Å². The van der Waals surface area contributed by atoms with Crippen molar-refractivity contribution in [3.63, 3.8) is 0 Å². The summed E-state index contributed by atoms with van der Waals surface area (Å²) in [5.74, 6) is -0.198. The third kappa shape index (κ3) is 3.89. The van der Waals surface area contributed by atoms with E-state index in [1.54, 1.807) is 20.9 Å². The number of anilines is 1. The number of nitro groups is 1. The lowest BCUT2D eigenvalue weighted by molar-refractivity contribution is -0.385. The number of likely N-dealkylation sites (N-methyl/N-ethyl adjacent to an activating group) is 1. The van der Waals surface area contributed by atoms with E-state index < -0.39 is 16.4 Å². The monoisotopic (exact) mass is 282 g/mol. The maximum Gasteiger partial charge on any atom is 0.288 e. The maximum absolute atomic E-state index is 12.3. The largest absolute Gasteiger partial charge is 0.389 e. The zero-order valence-corrected chi connectivity index (χ0v) is 11.9. The zero-order chi connectivity index (χ0) is 15.5. The predicted octanol–water partition coefficient (Wildman–Crippen LogP) is 0.874. The molecule has 1 aromatic heterocycles. The molecule has 0 aromatic carbocycles. The van der Waals surface area contributed by atoms with E-state index in [-0.39, 0.29) is 23.6 Å². The third-order valence-corrected chi connectivity index (χ3v) is 2.52. The second-order valence-electron chi connectivity index (χ2n) is 5.07. The molecule has 0 aliphatic rings. The fourth-order valence-electron chi connectivity index (χ4n) is 1.77. The number of hydrogen-bond acceptors (Lipinski definition) is 6. The van der Waals surface area contributed by atoms with Gasteiger partial charge in [0.25, 0.3) is 11.6 Å². The number of aromatic nitrogens is 1. The number of aliphatic hydroxyl groups is 1. The van der Waals surface area contributed by atoms with E-state index in [1.807, 2.05) is 0 Å². The molecule has 0 saturated carbocycles. The van der Waals surface area contributed by atoms with E-state index in [4.69, 9.17) is 0 Å². The molecule has 0 fully saturated rings. The van der Waals surface area contributed by atoms with Crippen molar-refractivity contribution in [1.29, 1.82) is 0 Å². The van der Waals surface area contributed by atoms with Gasteiger partial charge in [0.2, 0.25) is 0 Å². The van der Waals surface area contributed by atoms with Crippen LogP contribution in [0.25, 0.3) is 0 Å².